The van der Waals surface area contributed by atoms with Crippen LogP contribution < -0.4 is 148 Å². The molecule has 26 nitrogen and oxygen atoms in total. The number of aromatic nitrogens is 7. The van der Waals surface area contributed by atoms with Crippen LogP contribution in [-0.4, -0.2) is 133 Å². The maximum absolute atomic E-state index is 11.0. The van der Waals surface area contributed by atoms with Crippen molar-refractivity contribution in [3.8, 4) is 125 Å². The molecule has 0 unspecified atom stereocenters. The van der Waals surface area contributed by atoms with Crippen LogP contribution in [0.15, 0.2) is 167 Å². The second kappa shape index (κ2) is 74.2. The number of carboxylic acids is 1. The zero-order valence-corrected chi connectivity index (χ0v) is 91.8. The first-order valence-electron chi connectivity index (χ1n) is 37.6. The predicted octanol–water partition coefficient (Wildman–Crippen LogP) is 13.2. The summed E-state index contributed by atoms with van der Waals surface area (Å²) in [5.74, 6) is 45.5. The summed E-state index contributed by atoms with van der Waals surface area (Å²) in [6, 6.07) is 43.8. The molecule has 15 rings (SSSR count). The van der Waals surface area contributed by atoms with E-state index in [1.165, 1.54) is 22.3 Å². The Morgan fingerprint density at radius 3 is 1.22 bits per heavy atom. The van der Waals surface area contributed by atoms with Crippen molar-refractivity contribution in [2.45, 2.75) is 65.4 Å². The molecule has 0 fully saturated rings. The Morgan fingerprint density at radius 2 is 0.850 bits per heavy atom. The summed E-state index contributed by atoms with van der Waals surface area (Å²) in [7, 11) is 4.00. The zero-order chi connectivity index (χ0) is 96.7. The number of nitrogens with zero attached hydrogens (tertiary/aromatic N) is 8. The number of aldehydes is 3. The van der Waals surface area contributed by atoms with Crippen LogP contribution in [0.25, 0.3) is 11.0 Å². The Hall–Kier alpha value is -7.96. The second-order valence-electron chi connectivity index (χ2n) is 24.5. The van der Waals surface area contributed by atoms with Gasteiger partial charge >= 0.3 is 130 Å². The van der Waals surface area contributed by atoms with Crippen LogP contribution in [0.4, 0.5) is 33.5 Å². The van der Waals surface area contributed by atoms with Gasteiger partial charge in [-0.2, -0.15) is 0 Å². The van der Waals surface area contributed by atoms with E-state index in [4.69, 9.17) is 67.7 Å². The van der Waals surface area contributed by atoms with Gasteiger partial charge in [0.2, 0.25) is 0 Å². The number of fused-ring (bicyclic) bond motifs is 6. The maximum atomic E-state index is 11.0. The van der Waals surface area contributed by atoms with Crippen LogP contribution in [0.3, 0.4) is 0 Å². The molecule has 0 bridgehead atoms. The van der Waals surface area contributed by atoms with Gasteiger partial charge in [0.15, 0.2) is 18.9 Å². The molecule has 0 atom stereocenters. The molecule has 0 radical (unpaired) electrons. The number of terminal acetylenes is 2. The number of nitrogens with one attached hydrogen (secondary N) is 4. The molecule has 0 aliphatic carbocycles. The van der Waals surface area contributed by atoms with Gasteiger partial charge < -0.3 is 61.6 Å². The molecule has 5 N–H and O–H groups in total. The fourth-order valence-electron chi connectivity index (χ4n) is 10.7. The van der Waals surface area contributed by atoms with E-state index in [9.17, 15) is 23.3 Å². The van der Waals surface area contributed by atoms with Gasteiger partial charge in [0, 0.05) is 86.9 Å². The number of carbonyl (C=O) groups is 5. The van der Waals surface area contributed by atoms with E-state index in [-0.39, 0.29) is 118 Å². The van der Waals surface area contributed by atoms with Gasteiger partial charge in [-0.15, -0.1) is 24.4 Å². The minimum atomic E-state index is -3.22. The number of aromatic amines is 1. The van der Waals surface area contributed by atoms with Crippen molar-refractivity contribution in [2.24, 2.45) is 0 Å². The van der Waals surface area contributed by atoms with Crippen molar-refractivity contribution >= 4 is 218 Å². The topological polar surface area (TPSA) is 352 Å². The number of hydrogen-bond donors (Lipinski definition) is 5. The number of hydrogen-bond acceptors (Lipinski definition) is 24. The molecule has 0 saturated heterocycles. The third-order valence-corrected chi connectivity index (χ3v) is 19.7. The van der Waals surface area contributed by atoms with Crippen LogP contribution in [-0.2, 0) is 92.6 Å². The molecular formula is C92H80Br6Cl4FK2MnN12O14P. The number of halogens is 11. The quantitative estimate of drug-likeness (QED) is 0.0111. The molecular weight excluding hydrogens is 2300 g/mol. The van der Waals surface area contributed by atoms with Crippen LogP contribution in [0.2, 0.25) is 0 Å². The Morgan fingerprint density at radius 1 is 0.534 bits per heavy atom. The fourth-order valence-corrected chi connectivity index (χ4v) is 13.0. The molecule has 133 heavy (non-hydrogen) atoms. The molecule has 0 amide bonds. The van der Waals surface area contributed by atoms with Gasteiger partial charge in [-0.25, -0.2) is 29.9 Å². The van der Waals surface area contributed by atoms with Crippen LogP contribution in [0.1, 0.15) is 92.7 Å². The van der Waals surface area contributed by atoms with Crippen molar-refractivity contribution < 1.29 is 190 Å². The molecule has 5 aliphatic heterocycles. The van der Waals surface area contributed by atoms with Crippen molar-refractivity contribution in [3.63, 3.8) is 0 Å². The standard InChI is InChI=1S/C18H2.C16H15BrN2O2.C15H15BrN2O.2C8H7BrN2O.C8H9ClO.C7H7BrN2.C7H5BrN2.C2H4O2.CH3F.CH2O3.CH4.Cl3OP.2K.Mn.2O.H/c1-3-5-7-9-11-13-15-17-18-16-14-12-10-8-6-4-2;1-21-14-4-2-11(3-5-14)9-19-7-6-12-8-13(10-20)15(17)18-16(12)19;1-19-13-5-2-11(3-6-13)10-18-9-8-12-4-7-14(16)17-15(12)18;2*9-7-6(4-12)3-5-1-2-10-8(5)11-7;1-10-8-4-2-7(6-9)3-5-8;2*8-6-2-1-5-3-4-9-7(5)10-6;1-2(3)4;1-2;2-1-4-3;;1-5(2,3)4;;;;;;/h1-2H;2-5,8,10H,6-7,9H2,1H3;2-7H,8-10H2,1H3;2*3-4H,1-2H2,(H,10,11);2-5H,6H2,1H3;1-2H,3-4H2,(H,9,10);1-4H,(H,9,10);1H3,(H,3,4);1H3;1,3H;1H4;;;;;;;/q;;;;;;;;;;;;;2*+1;;;;-1/p-1/i;;;;;;;;;1D;;;;;;;;;. The Bertz CT molecular complexity index is 5990. The number of carboxylic acid groups (broad SMARTS) is 1. The monoisotopic (exact) mass is 2370 g/mol. The number of methoxy groups -OCH3 is 3. The minimum absolute atomic E-state index is 0. The number of pyridine rings is 6. The summed E-state index contributed by atoms with van der Waals surface area (Å²) in [5, 5.41) is 23.2. The third-order valence-electron chi connectivity index (χ3n) is 16.2. The number of rotatable bonds is 12. The number of alkyl halides is 2. The van der Waals surface area contributed by atoms with E-state index < -0.39 is 33.1 Å². The van der Waals surface area contributed by atoms with E-state index in [0.717, 1.165) is 197 Å². The predicted molar refractivity (Wildman–Crippen MR) is 528 cm³/mol. The van der Waals surface area contributed by atoms with Crippen LogP contribution in [0, 0.1) is 108 Å². The molecule has 3 aromatic carbocycles. The number of aliphatic carboxylic acids is 1. The zero-order valence-electron chi connectivity index (χ0n) is 73.0. The van der Waals surface area contributed by atoms with Gasteiger partial charge in [0.05, 0.1) is 29.9 Å². The van der Waals surface area contributed by atoms with Gasteiger partial charge in [0.25, 0.3) is 12.4 Å². The van der Waals surface area contributed by atoms with E-state index in [1.807, 2.05) is 103 Å². The van der Waals surface area contributed by atoms with Crippen molar-refractivity contribution in [2.75, 3.05) is 87.0 Å². The second-order valence-corrected chi connectivity index (χ2v) is 36.3. The number of ether oxygens (including phenoxy) is 3. The van der Waals surface area contributed by atoms with Gasteiger partial charge in [0.1, 0.15) is 79.6 Å². The first kappa shape index (κ1) is 123. The number of H-pyrrole nitrogens is 1. The van der Waals surface area contributed by atoms with Crippen molar-refractivity contribution in [1.29, 1.82) is 0 Å². The number of benzene rings is 3. The normalized spacial score (nSPS) is 10.6. The Kier molecular flexibility index (Phi) is 68.7. The molecule has 5 aliphatic rings. The third kappa shape index (κ3) is 51.7. The Labute approximate surface area is 935 Å². The summed E-state index contributed by atoms with van der Waals surface area (Å²) in [5.41, 5.74) is 12.4. The van der Waals surface area contributed by atoms with E-state index in [1.54, 1.807) is 21.3 Å². The van der Waals surface area contributed by atoms with Crippen molar-refractivity contribution in [3.05, 3.63) is 228 Å². The first-order chi connectivity index (χ1) is 63.1. The molecule has 12 heterocycles. The average Bonchev–Trinajstić information content (AvgIpc) is 1.66. The SMILES string of the molecule is Brc1ccc2c(n1)NCC2.Brc1ccc2cc[nH]c2n1.C.C#CC#CC#CC#CC#CC#CC#CC#CC#C.CC(=O)O.COc1ccc(CCl)cc1.COc1ccc(CN2CCc3cc(C=O)c(Br)nc32)cc1.COc1ccc(CN2CCc3ccc(Br)nc32)cc1.O=CO[O-].O=Cc1cc2c(nc1Br)NCC2.O=Cc1cc2c(nc1Br)NCC2.O=P(Cl)(Cl)Cl.[2H]CF.[H-].[K+].[K+].[O]=[Mn]=[O]. The van der Waals surface area contributed by atoms with E-state index in [0.29, 0.717) is 36.4 Å². The van der Waals surface area contributed by atoms with E-state index >= 15 is 0 Å². The van der Waals surface area contributed by atoms with Gasteiger partial charge in [-0.1, -0.05) is 56.0 Å². The first-order valence-corrected chi connectivity index (χ1v) is 47.5. The summed E-state index contributed by atoms with van der Waals surface area (Å²) >= 11 is 37.8. The molecule has 10 aromatic rings. The summed E-state index contributed by atoms with van der Waals surface area (Å²) in [4.78, 5) is 85.8. The Balaban J connectivity index is 0. The number of carbonyl (C=O) groups excluding carboxylic acids is 4. The molecule has 41 heteroatoms. The summed E-state index contributed by atoms with van der Waals surface area (Å²) in [6.45, 7) is 7.40. The summed E-state index contributed by atoms with van der Waals surface area (Å²) < 4.78 is 61.6. The van der Waals surface area contributed by atoms with Crippen molar-refractivity contribution in [1.82, 2.24) is 34.9 Å². The number of anilines is 5. The molecule has 683 valence electrons. The van der Waals surface area contributed by atoms with Crippen LogP contribution in [0.5, 0.6) is 17.2 Å². The fraction of sp³-hybridized carbons (Fsp3) is 0.207. The molecule has 0 spiro atoms. The molecule has 7 aromatic heterocycles. The van der Waals surface area contributed by atoms with Gasteiger partial charge in [-0.05, 0) is 386 Å². The average molecular weight is 2380 g/mol. The summed E-state index contributed by atoms with van der Waals surface area (Å²) in [6.07, 6.45) is 19.1. The van der Waals surface area contributed by atoms with Gasteiger partial charge in [-0.3, -0.25) is 32.9 Å². The molecule has 0 saturated carbocycles. The van der Waals surface area contributed by atoms with Crippen LogP contribution >= 0.6 is 146 Å². The van der Waals surface area contributed by atoms with E-state index in [2.05, 4.69) is 326 Å².